The second-order valence-corrected chi connectivity index (χ2v) is 12.1. The number of halogens is 3. The Morgan fingerprint density at radius 2 is 1.62 bits per heavy atom. The monoisotopic (exact) mass is 616 g/mol. The van der Waals surface area contributed by atoms with Gasteiger partial charge in [0, 0.05) is 41.9 Å². The quantitative estimate of drug-likeness (QED) is 0.310. The molecule has 2 aromatic heterocycles. The van der Waals surface area contributed by atoms with Crippen LogP contribution in [0.3, 0.4) is 0 Å². The molecule has 3 aromatic rings. The molecule has 6 rings (SSSR count). The maximum atomic E-state index is 14.9. The SMILES string of the molecule is NC(=O)[C@H]1CC[C@@H](n2c(Nc3c(F)cc(Cl)cc3Cl)nc3cnc(NC4CCC(N5C(=O)CCC5=O)CC4)nc32)CC1. The second-order valence-electron chi connectivity index (χ2n) is 11.3. The van der Waals surface area contributed by atoms with Crippen molar-refractivity contribution in [1.82, 2.24) is 24.4 Å². The van der Waals surface area contributed by atoms with Crippen LogP contribution in [0.1, 0.15) is 70.3 Å². The summed E-state index contributed by atoms with van der Waals surface area (Å²) in [5.74, 6) is -0.496. The van der Waals surface area contributed by atoms with Crippen LogP contribution in [-0.2, 0) is 14.4 Å². The van der Waals surface area contributed by atoms with E-state index in [1.807, 2.05) is 4.57 Å². The van der Waals surface area contributed by atoms with Crippen LogP contribution < -0.4 is 16.4 Å². The first kappa shape index (κ1) is 28.6. The zero-order chi connectivity index (χ0) is 29.5. The van der Waals surface area contributed by atoms with Crippen LogP contribution in [0, 0.1) is 11.7 Å². The molecule has 0 spiro atoms. The van der Waals surface area contributed by atoms with Crippen LogP contribution in [0.4, 0.5) is 22.0 Å². The minimum atomic E-state index is -0.620. The Bertz CT molecular complexity index is 1510. The topological polar surface area (TPSA) is 148 Å². The molecule has 14 heteroatoms. The van der Waals surface area contributed by atoms with E-state index in [1.54, 1.807) is 6.20 Å². The average Bonchev–Trinajstić information content (AvgIpc) is 3.49. The number of nitrogens with one attached hydrogen (secondary N) is 2. The molecule has 0 radical (unpaired) electrons. The van der Waals surface area contributed by atoms with Gasteiger partial charge in [0.05, 0.1) is 16.9 Å². The normalized spacial score (nSPS) is 24.8. The van der Waals surface area contributed by atoms with Gasteiger partial charge >= 0.3 is 0 Å². The minimum absolute atomic E-state index is 0.0430. The zero-order valence-corrected chi connectivity index (χ0v) is 24.3. The van der Waals surface area contributed by atoms with Gasteiger partial charge < -0.3 is 16.4 Å². The lowest BCUT2D eigenvalue weighted by Gasteiger charge is -2.33. The molecule has 42 heavy (non-hydrogen) atoms. The highest BCUT2D eigenvalue weighted by Crippen LogP contribution is 2.39. The third-order valence-electron chi connectivity index (χ3n) is 8.63. The fourth-order valence-electron chi connectivity index (χ4n) is 6.45. The van der Waals surface area contributed by atoms with Crippen molar-refractivity contribution >= 4 is 69.7 Å². The molecule has 4 N–H and O–H groups in total. The molecular weight excluding hydrogens is 586 g/mol. The Kier molecular flexibility index (Phi) is 7.93. The molecule has 11 nitrogen and oxygen atoms in total. The van der Waals surface area contributed by atoms with Crippen LogP contribution in [-0.4, -0.2) is 54.2 Å². The summed E-state index contributed by atoms with van der Waals surface area (Å²) in [5, 5.41) is 6.74. The lowest BCUT2D eigenvalue weighted by Crippen LogP contribution is -2.43. The smallest absolute Gasteiger partial charge is 0.229 e. The highest BCUT2D eigenvalue weighted by Gasteiger charge is 2.37. The van der Waals surface area contributed by atoms with E-state index >= 15 is 0 Å². The van der Waals surface area contributed by atoms with Crippen molar-refractivity contribution in [2.75, 3.05) is 10.6 Å². The molecule has 1 saturated heterocycles. The molecule has 2 saturated carbocycles. The highest BCUT2D eigenvalue weighted by atomic mass is 35.5. The minimum Gasteiger partial charge on any atom is -0.369 e. The average molecular weight is 618 g/mol. The predicted octanol–water partition coefficient (Wildman–Crippen LogP) is 5.10. The molecule has 0 bridgehead atoms. The fourth-order valence-corrected chi connectivity index (χ4v) is 6.96. The molecule has 1 aliphatic heterocycles. The van der Waals surface area contributed by atoms with Crippen LogP contribution >= 0.6 is 23.2 Å². The first-order valence-electron chi connectivity index (χ1n) is 14.2. The van der Waals surface area contributed by atoms with E-state index < -0.39 is 5.82 Å². The van der Waals surface area contributed by atoms with Crippen LogP contribution in [0.5, 0.6) is 0 Å². The fraction of sp³-hybridized carbons (Fsp3) is 0.500. The van der Waals surface area contributed by atoms with Crippen molar-refractivity contribution in [1.29, 1.82) is 0 Å². The maximum absolute atomic E-state index is 14.9. The van der Waals surface area contributed by atoms with Crippen molar-refractivity contribution in [3.8, 4) is 0 Å². The van der Waals surface area contributed by atoms with E-state index in [-0.39, 0.29) is 57.5 Å². The molecular formula is C28H31Cl2FN8O3. The zero-order valence-electron chi connectivity index (χ0n) is 22.8. The van der Waals surface area contributed by atoms with E-state index in [2.05, 4.69) is 20.6 Å². The van der Waals surface area contributed by atoms with Gasteiger partial charge in [0.1, 0.15) is 11.3 Å². The number of anilines is 3. The van der Waals surface area contributed by atoms with E-state index in [1.165, 1.54) is 17.0 Å². The number of aromatic nitrogens is 4. The number of amides is 3. The van der Waals surface area contributed by atoms with Gasteiger partial charge in [0.15, 0.2) is 5.65 Å². The number of likely N-dealkylation sites (tertiary alicyclic amines) is 1. The van der Waals surface area contributed by atoms with E-state index in [0.29, 0.717) is 61.6 Å². The molecule has 222 valence electrons. The van der Waals surface area contributed by atoms with Crippen LogP contribution in [0.2, 0.25) is 10.0 Å². The molecule has 3 fully saturated rings. The number of rotatable bonds is 7. The van der Waals surface area contributed by atoms with Gasteiger partial charge in [-0.2, -0.15) is 4.98 Å². The van der Waals surface area contributed by atoms with Crippen LogP contribution in [0.15, 0.2) is 18.3 Å². The van der Waals surface area contributed by atoms with Crippen molar-refractivity contribution in [2.24, 2.45) is 11.7 Å². The molecule has 0 unspecified atom stereocenters. The van der Waals surface area contributed by atoms with E-state index in [9.17, 15) is 18.8 Å². The van der Waals surface area contributed by atoms with Crippen molar-refractivity contribution in [3.63, 3.8) is 0 Å². The Balaban J connectivity index is 1.26. The van der Waals surface area contributed by atoms with Gasteiger partial charge in [-0.05, 0) is 63.5 Å². The summed E-state index contributed by atoms with van der Waals surface area (Å²) >= 11 is 12.3. The number of hydrogen-bond donors (Lipinski definition) is 3. The molecule has 3 heterocycles. The second kappa shape index (κ2) is 11.6. The summed E-state index contributed by atoms with van der Waals surface area (Å²) < 4.78 is 16.8. The Hall–Kier alpha value is -3.51. The lowest BCUT2D eigenvalue weighted by atomic mass is 9.85. The Labute approximate surface area is 251 Å². The summed E-state index contributed by atoms with van der Waals surface area (Å²) in [6.45, 7) is 0. The molecule has 1 aromatic carbocycles. The van der Waals surface area contributed by atoms with Gasteiger partial charge in [-0.3, -0.25) is 23.9 Å². The largest absolute Gasteiger partial charge is 0.369 e. The number of carbonyl (C=O) groups is 3. The van der Waals surface area contributed by atoms with E-state index in [0.717, 1.165) is 25.7 Å². The number of imidazole rings is 1. The summed E-state index contributed by atoms with van der Waals surface area (Å²) in [6.07, 6.45) is 7.76. The van der Waals surface area contributed by atoms with Crippen molar-refractivity contribution in [3.05, 3.63) is 34.2 Å². The van der Waals surface area contributed by atoms with Crippen molar-refractivity contribution in [2.45, 2.75) is 82.3 Å². The molecule has 3 aliphatic rings. The van der Waals surface area contributed by atoms with Crippen molar-refractivity contribution < 1.29 is 18.8 Å². The summed E-state index contributed by atoms with van der Waals surface area (Å²) in [5.41, 5.74) is 6.68. The third kappa shape index (κ3) is 5.61. The maximum Gasteiger partial charge on any atom is 0.229 e. The Morgan fingerprint density at radius 3 is 2.26 bits per heavy atom. The number of benzene rings is 1. The number of primary amides is 1. The Morgan fingerprint density at radius 1 is 0.952 bits per heavy atom. The summed E-state index contributed by atoms with van der Waals surface area (Å²) in [4.78, 5) is 51.6. The van der Waals surface area contributed by atoms with Gasteiger partial charge in [-0.1, -0.05) is 23.2 Å². The number of hydrogen-bond acceptors (Lipinski definition) is 8. The molecule has 2 aliphatic carbocycles. The number of nitrogens with two attached hydrogens (primary N) is 1. The molecule has 0 atom stereocenters. The number of carbonyl (C=O) groups excluding carboxylic acids is 3. The first-order valence-corrected chi connectivity index (χ1v) is 15.0. The van der Waals surface area contributed by atoms with E-state index in [4.69, 9.17) is 33.9 Å². The summed E-state index contributed by atoms with van der Waals surface area (Å²) in [7, 11) is 0. The predicted molar refractivity (Wildman–Crippen MR) is 156 cm³/mol. The first-order chi connectivity index (χ1) is 20.2. The lowest BCUT2D eigenvalue weighted by molar-refractivity contribution is -0.141. The standard InChI is InChI=1S/C28H31Cl2FN8O3/c29-15-11-19(30)24(20(31)12-15)36-28-35-21-13-33-27(37-26(21)39(28)18-5-1-14(2-6-18)25(32)42)34-16-3-7-17(8-4-16)38-22(40)9-10-23(38)41/h11-14,16-18H,1-10H2,(H2,32,42)(H,35,36)(H,33,34,37)/t14-,16?,17?,18+. The van der Waals surface area contributed by atoms with Gasteiger partial charge in [-0.25, -0.2) is 14.4 Å². The third-order valence-corrected chi connectivity index (χ3v) is 9.14. The van der Waals surface area contributed by atoms with Gasteiger partial charge in [0.25, 0.3) is 0 Å². The number of nitrogens with zero attached hydrogens (tertiary/aromatic N) is 5. The van der Waals surface area contributed by atoms with Gasteiger partial charge in [-0.15, -0.1) is 0 Å². The summed E-state index contributed by atoms with van der Waals surface area (Å²) in [6, 6.07) is 2.57. The highest BCUT2D eigenvalue weighted by molar-refractivity contribution is 6.36. The van der Waals surface area contributed by atoms with Gasteiger partial charge in [0.2, 0.25) is 29.6 Å². The number of imide groups is 1. The molecule has 3 amide bonds. The number of fused-ring (bicyclic) bond motifs is 1. The van der Waals surface area contributed by atoms with Crippen LogP contribution in [0.25, 0.3) is 11.2 Å².